The minimum Gasteiger partial charge on any atom is -0.289 e. The van der Waals surface area contributed by atoms with Crippen LogP contribution < -0.4 is 0 Å². The molecule has 0 heterocycles. The summed E-state index contributed by atoms with van der Waals surface area (Å²) in [6.07, 6.45) is 2.38. The van der Waals surface area contributed by atoms with Crippen LogP contribution in [-0.4, -0.2) is 24.3 Å². The van der Waals surface area contributed by atoms with Crippen molar-refractivity contribution in [3.05, 3.63) is 112 Å². The molecule has 5 heteroatoms. The summed E-state index contributed by atoms with van der Waals surface area (Å²) in [6, 6.07) is 25.5. The quantitative estimate of drug-likeness (QED) is 0.443. The van der Waals surface area contributed by atoms with Crippen LogP contribution in [-0.2, 0) is 0 Å². The van der Waals surface area contributed by atoms with E-state index in [4.69, 9.17) is 0 Å². The Kier molecular flexibility index (Phi) is 5.68. The second-order valence-electron chi connectivity index (χ2n) is 7.45. The zero-order valence-electron chi connectivity index (χ0n) is 17.4. The Labute approximate surface area is 195 Å². The van der Waals surface area contributed by atoms with Crippen LogP contribution >= 0.6 is 23.5 Å². The zero-order chi connectivity index (χ0) is 22.1. The van der Waals surface area contributed by atoms with Crippen LogP contribution in [0.4, 0.5) is 0 Å². The standard InChI is InChI=1S/C27H19NO2S2/c1-28-24-16-20(32-18-10-6-3-7-11-18)15-23-25(24)27(30)22-14-19(12-13-21(22)26(23)29)31-17-8-4-2-5-9-17/h2-14,16H,15H2,1H3. The number of ketones is 2. The second kappa shape index (κ2) is 8.77. The first-order valence-corrected chi connectivity index (χ1v) is 11.9. The highest BCUT2D eigenvalue weighted by atomic mass is 32.2. The number of carbonyl (C=O) groups excluding carboxylic acids is 2. The molecule has 2 aliphatic rings. The van der Waals surface area contributed by atoms with Crippen molar-refractivity contribution >= 4 is 40.8 Å². The van der Waals surface area contributed by atoms with Gasteiger partial charge in [-0.1, -0.05) is 59.9 Å². The number of carbonyl (C=O) groups is 2. The SMILES string of the molecule is CN=C1C=C(Sc2ccccc2)CC2=C1C(=O)c1cc(Sc3ccccc3)ccc1C2=O. The van der Waals surface area contributed by atoms with Crippen LogP contribution in [0.2, 0.25) is 0 Å². The third-order valence-electron chi connectivity index (χ3n) is 5.40. The van der Waals surface area contributed by atoms with E-state index in [2.05, 4.69) is 4.99 Å². The van der Waals surface area contributed by atoms with Crippen molar-refractivity contribution in [1.82, 2.24) is 0 Å². The number of nitrogens with zero attached hydrogens (tertiary/aromatic N) is 1. The summed E-state index contributed by atoms with van der Waals surface area (Å²) in [6.45, 7) is 0. The Bertz CT molecular complexity index is 1320. The molecule has 2 aliphatic carbocycles. The monoisotopic (exact) mass is 453 g/mol. The third-order valence-corrected chi connectivity index (χ3v) is 7.43. The molecule has 5 rings (SSSR count). The Balaban J connectivity index is 1.48. The molecule has 0 aliphatic heterocycles. The van der Waals surface area contributed by atoms with Crippen LogP contribution in [0.3, 0.4) is 0 Å². The fourth-order valence-corrected chi connectivity index (χ4v) is 5.78. The van der Waals surface area contributed by atoms with E-state index in [1.54, 1.807) is 36.6 Å². The van der Waals surface area contributed by atoms with Gasteiger partial charge in [0.15, 0.2) is 11.6 Å². The van der Waals surface area contributed by atoms with Crippen LogP contribution in [0.5, 0.6) is 0 Å². The minimum absolute atomic E-state index is 0.0775. The lowest BCUT2D eigenvalue weighted by molar-refractivity contribution is 0.0977. The number of benzene rings is 3. The van der Waals surface area contributed by atoms with Crippen LogP contribution in [0, 0.1) is 0 Å². The van der Waals surface area contributed by atoms with Gasteiger partial charge >= 0.3 is 0 Å². The second-order valence-corrected chi connectivity index (χ2v) is 9.79. The van der Waals surface area contributed by atoms with Crippen molar-refractivity contribution in [3.8, 4) is 0 Å². The highest BCUT2D eigenvalue weighted by molar-refractivity contribution is 8.03. The molecule has 0 N–H and O–H groups in total. The molecule has 3 aromatic rings. The van der Waals surface area contributed by atoms with Gasteiger partial charge in [0.2, 0.25) is 0 Å². The molecular weight excluding hydrogens is 434 g/mol. The summed E-state index contributed by atoms with van der Waals surface area (Å²) < 4.78 is 0. The first-order chi connectivity index (χ1) is 15.6. The van der Waals surface area contributed by atoms with Crippen LogP contribution in [0.15, 0.2) is 121 Å². The number of thioether (sulfide) groups is 1. The summed E-state index contributed by atoms with van der Waals surface area (Å²) in [7, 11) is 1.67. The molecule has 0 unspecified atom stereocenters. The summed E-state index contributed by atoms with van der Waals surface area (Å²) >= 11 is 3.18. The first kappa shape index (κ1) is 20.7. The topological polar surface area (TPSA) is 46.5 Å². The molecule has 0 atom stereocenters. The van der Waals surface area contributed by atoms with Crippen molar-refractivity contribution in [3.63, 3.8) is 0 Å². The maximum atomic E-state index is 13.5. The predicted octanol–water partition coefficient (Wildman–Crippen LogP) is 6.66. The average Bonchev–Trinajstić information content (AvgIpc) is 2.83. The van der Waals surface area contributed by atoms with Gasteiger partial charge in [-0.15, -0.1) is 0 Å². The molecule has 0 bridgehead atoms. The fourth-order valence-electron chi connectivity index (χ4n) is 3.92. The number of rotatable bonds is 4. The molecule has 0 radical (unpaired) electrons. The van der Waals surface area contributed by atoms with Crippen molar-refractivity contribution < 1.29 is 9.59 Å². The van der Waals surface area contributed by atoms with E-state index in [-0.39, 0.29) is 11.6 Å². The molecule has 0 saturated heterocycles. The lowest BCUT2D eigenvalue weighted by Crippen LogP contribution is -2.28. The van der Waals surface area contributed by atoms with Crippen molar-refractivity contribution in [2.24, 2.45) is 4.99 Å². The van der Waals surface area contributed by atoms with Crippen molar-refractivity contribution in [2.75, 3.05) is 7.05 Å². The number of allylic oxidation sites excluding steroid dienone is 4. The Morgan fingerprint density at radius 1 is 0.719 bits per heavy atom. The molecule has 3 aromatic carbocycles. The predicted molar refractivity (Wildman–Crippen MR) is 131 cm³/mol. The van der Waals surface area contributed by atoms with E-state index in [0.717, 1.165) is 19.6 Å². The number of fused-ring (bicyclic) bond motifs is 1. The summed E-state index contributed by atoms with van der Waals surface area (Å²) in [5.74, 6) is -0.197. The van der Waals surface area contributed by atoms with Gasteiger partial charge in [-0.25, -0.2) is 0 Å². The fraction of sp³-hybridized carbons (Fsp3) is 0.0741. The van der Waals surface area contributed by atoms with Gasteiger partial charge in [-0.3, -0.25) is 14.6 Å². The molecule has 0 aromatic heterocycles. The number of hydrogen-bond donors (Lipinski definition) is 0. The highest BCUT2D eigenvalue weighted by Crippen LogP contribution is 2.41. The van der Waals surface area contributed by atoms with E-state index >= 15 is 0 Å². The lowest BCUT2D eigenvalue weighted by Gasteiger charge is -2.26. The van der Waals surface area contributed by atoms with Gasteiger partial charge in [0, 0.05) is 44.9 Å². The lowest BCUT2D eigenvalue weighted by atomic mass is 9.78. The van der Waals surface area contributed by atoms with E-state index in [1.165, 1.54) is 0 Å². The van der Waals surface area contributed by atoms with E-state index in [9.17, 15) is 9.59 Å². The number of Topliss-reactive ketones (excluding diaryl/α,β-unsaturated/α-hetero) is 2. The van der Waals surface area contributed by atoms with Gasteiger partial charge in [0.1, 0.15) is 0 Å². The molecule has 156 valence electrons. The van der Waals surface area contributed by atoms with Gasteiger partial charge in [0.05, 0.1) is 11.3 Å². The average molecular weight is 454 g/mol. The zero-order valence-corrected chi connectivity index (χ0v) is 19.0. The largest absolute Gasteiger partial charge is 0.289 e. The van der Waals surface area contributed by atoms with E-state index in [1.807, 2.05) is 78.9 Å². The number of aliphatic imine (C=N–C) groups is 1. The van der Waals surface area contributed by atoms with Crippen molar-refractivity contribution in [2.45, 2.75) is 21.1 Å². The van der Waals surface area contributed by atoms with Gasteiger partial charge < -0.3 is 0 Å². The first-order valence-electron chi connectivity index (χ1n) is 10.2. The normalized spacial score (nSPS) is 16.7. The van der Waals surface area contributed by atoms with E-state index < -0.39 is 0 Å². The maximum Gasteiger partial charge on any atom is 0.196 e. The molecule has 0 fully saturated rings. The summed E-state index contributed by atoms with van der Waals surface area (Å²) in [4.78, 5) is 35.4. The van der Waals surface area contributed by atoms with E-state index in [0.29, 0.717) is 34.4 Å². The Hall–Kier alpha value is -3.15. The Morgan fingerprint density at radius 3 is 2.03 bits per heavy atom. The van der Waals surface area contributed by atoms with Gasteiger partial charge in [-0.2, -0.15) is 0 Å². The summed E-state index contributed by atoms with van der Waals surface area (Å²) in [5.41, 5.74) is 2.52. The summed E-state index contributed by atoms with van der Waals surface area (Å²) in [5, 5.41) is 0. The molecule has 32 heavy (non-hydrogen) atoms. The smallest absolute Gasteiger partial charge is 0.196 e. The van der Waals surface area contributed by atoms with Gasteiger partial charge in [-0.05, 0) is 53.4 Å². The minimum atomic E-state index is -0.120. The Morgan fingerprint density at radius 2 is 1.38 bits per heavy atom. The maximum absolute atomic E-state index is 13.5. The molecule has 3 nitrogen and oxygen atoms in total. The number of hydrogen-bond acceptors (Lipinski definition) is 5. The van der Waals surface area contributed by atoms with Gasteiger partial charge in [0.25, 0.3) is 0 Å². The molecular formula is C27H19NO2S2. The third kappa shape index (κ3) is 3.90. The molecule has 0 saturated carbocycles. The highest BCUT2D eigenvalue weighted by Gasteiger charge is 2.36. The van der Waals surface area contributed by atoms with Crippen LogP contribution in [0.1, 0.15) is 27.1 Å². The molecule has 0 amide bonds. The molecule has 0 spiro atoms. The van der Waals surface area contributed by atoms with Crippen LogP contribution in [0.25, 0.3) is 0 Å². The van der Waals surface area contributed by atoms with Crippen molar-refractivity contribution in [1.29, 1.82) is 0 Å².